The van der Waals surface area contributed by atoms with Gasteiger partial charge in [0.1, 0.15) is 5.75 Å². The fourth-order valence-electron chi connectivity index (χ4n) is 2.33. The van der Waals surface area contributed by atoms with Gasteiger partial charge in [-0.05, 0) is 25.5 Å². The van der Waals surface area contributed by atoms with E-state index >= 15 is 0 Å². The highest BCUT2D eigenvalue weighted by Crippen LogP contribution is 2.32. The topological polar surface area (TPSA) is 24.5 Å². The van der Waals surface area contributed by atoms with Gasteiger partial charge in [-0.25, -0.2) is 0 Å². The van der Waals surface area contributed by atoms with E-state index in [1.807, 2.05) is 0 Å². The van der Waals surface area contributed by atoms with Gasteiger partial charge < -0.3 is 15.0 Å². The molecule has 17 heavy (non-hydrogen) atoms. The molecule has 0 aromatic heterocycles. The summed E-state index contributed by atoms with van der Waals surface area (Å²) in [5, 5.41) is 3.30. The van der Waals surface area contributed by atoms with Crippen molar-refractivity contribution >= 4 is 5.69 Å². The van der Waals surface area contributed by atoms with Gasteiger partial charge in [0, 0.05) is 43.9 Å². The molecular formula is C14H22N2O. The number of rotatable bonds is 5. The molecule has 94 valence electrons. The lowest BCUT2D eigenvalue weighted by molar-refractivity contribution is 0.385. The summed E-state index contributed by atoms with van der Waals surface area (Å²) in [6, 6.07) is 6.60. The van der Waals surface area contributed by atoms with E-state index in [1.54, 1.807) is 7.11 Å². The van der Waals surface area contributed by atoms with E-state index in [9.17, 15) is 0 Å². The Kier molecular flexibility index (Phi) is 3.89. The first-order chi connectivity index (χ1) is 8.30. The largest absolute Gasteiger partial charge is 0.496 e. The maximum Gasteiger partial charge on any atom is 0.124 e. The Morgan fingerprint density at radius 2 is 2.00 bits per heavy atom. The highest BCUT2D eigenvalue weighted by atomic mass is 16.5. The zero-order valence-electron chi connectivity index (χ0n) is 11.0. The van der Waals surface area contributed by atoms with Crippen LogP contribution in [0.5, 0.6) is 5.75 Å². The molecule has 1 fully saturated rings. The van der Waals surface area contributed by atoms with Gasteiger partial charge in [0.05, 0.1) is 7.11 Å². The van der Waals surface area contributed by atoms with E-state index in [0.29, 0.717) is 5.92 Å². The molecular weight excluding hydrogens is 212 g/mol. The van der Waals surface area contributed by atoms with Gasteiger partial charge in [0.15, 0.2) is 0 Å². The molecule has 1 aromatic rings. The minimum Gasteiger partial charge on any atom is -0.496 e. The van der Waals surface area contributed by atoms with Gasteiger partial charge in [0.2, 0.25) is 0 Å². The van der Waals surface area contributed by atoms with Crippen LogP contribution in [0.4, 0.5) is 5.69 Å². The molecule has 0 atom stereocenters. The summed E-state index contributed by atoms with van der Waals surface area (Å²) in [6.07, 6.45) is 0. The molecule has 3 heteroatoms. The Morgan fingerprint density at radius 1 is 1.29 bits per heavy atom. The standard InChI is InChI=1S/C14H22N2O/c1-4-16(5-2)12-6-7-13(11-9-15-10-11)14(8-12)17-3/h6-8,11,15H,4-5,9-10H2,1-3H3. The minimum atomic E-state index is 0.621. The average molecular weight is 234 g/mol. The lowest BCUT2D eigenvalue weighted by Crippen LogP contribution is -2.40. The summed E-state index contributed by atoms with van der Waals surface area (Å²) >= 11 is 0. The van der Waals surface area contributed by atoms with Crippen molar-refractivity contribution in [1.29, 1.82) is 0 Å². The van der Waals surface area contributed by atoms with Crippen LogP contribution in [-0.4, -0.2) is 33.3 Å². The van der Waals surface area contributed by atoms with Crippen LogP contribution in [-0.2, 0) is 0 Å². The summed E-state index contributed by atoms with van der Waals surface area (Å²) < 4.78 is 5.53. The summed E-state index contributed by atoms with van der Waals surface area (Å²) in [6.45, 7) is 8.56. The highest BCUT2D eigenvalue weighted by molar-refractivity contribution is 5.55. The first kappa shape index (κ1) is 12.2. The summed E-state index contributed by atoms with van der Waals surface area (Å²) in [5.41, 5.74) is 2.59. The van der Waals surface area contributed by atoms with Gasteiger partial charge in [0.25, 0.3) is 0 Å². The molecule has 0 unspecified atom stereocenters. The zero-order chi connectivity index (χ0) is 12.3. The Labute approximate surface area is 104 Å². The highest BCUT2D eigenvalue weighted by Gasteiger charge is 2.22. The summed E-state index contributed by atoms with van der Waals surface area (Å²) in [4.78, 5) is 2.34. The molecule has 0 aliphatic carbocycles. The van der Waals surface area contributed by atoms with Gasteiger partial charge >= 0.3 is 0 Å². The van der Waals surface area contributed by atoms with Crippen LogP contribution < -0.4 is 15.0 Å². The molecule has 1 heterocycles. The second-order valence-corrected chi connectivity index (χ2v) is 4.45. The molecule has 0 spiro atoms. The van der Waals surface area contributed by atoms with Crippen LogP contribution >= 0.6 is 0 Å². The quantitative estimate of drug-likeness (QED) is 0.845. The lowest BCUT2D eigenvalue weighted by Gasteiger charge is -2.30. The second kappa shape index (κ2) is 5.41. The Morgan fingerprint density at radius 3 is 2.47 bits per heavy atom. The van der Waals surface area contributed by atoms with Crippen molar-refractivity contribution in [3.8, 4) is 5.75 Å². The van der Waals surface area contributed by atoms with Gasteiger partial charge in [-0.3, -0.25) is 0 Å². The van der Waals surface area contributed by atoms with Crippen molar-refractivity contribution in [1.82, 2.24) is 5.32 Å². The monoisotopic (exact) mass is 234 g/mol. The SMILES string of the molecule is CCN(CC)c1ccc(C2CNC2)c(OC)c1. The molecule has 2 rings (SSSR count). The van der Waals surface area contributed by atoms with Crippen LogP contribution in [0.25, 0.3) is 0 Å². The van der Waals surface area contributed by atoms with Crippen molar-refractivity contribution in [3.63, 3.8) is 0 Å². The fourth-order valence-corrected chi connectivity index (χ4v) is 2.33. The number of nitrogens with zero attached hydrogens (tertiary/aromatic N) is 1. The van der Waals surface area contributed by atoms with E-state index in [-0.39, 0.29) is 0 Å². The van der Waals surface area contributed by atoms with E-state index in [4.69, 9.17) is 4.74 Å². The molecule has 1 aliphatic heterocycles. The van der Waals surface area contributed by atoms with Crippen molar-refractivity contribution in [2.75, 3.05) is 38.2 Å². The van der Waals surface area contributed by atoms with Crippen molar-refractivity contribution < 1.29 is 4.74 Å². The third-order valence-corrected chi connectivity index (χ3v) is 3.57. The average Bonchev–Trinajstić information content (AvgIpc) is 2.30. The van der Waals surface area contributed by atoms with Gasteiger partial charge in [-0.15, -0.1) is 0 Å². The smallest absolute Gasteiger partial charge is 0.124 e. The number of methoxy groups -OCH3 is 1. The number of anilines is 1. The molecule has 0 amide bonds. The van der Waals surface area contributed by atoms with Crippen molar-refractivity contribution in [2.24, 2.45) is 0 Å². The molecule has 1 saturated heterocycles. The molecule has 1 N–H and O–H groups in total. The summed E-state index contributed by atoms with van der Waals surface area (Å²) in [5.74, 6) is 1.65. The maximum atomic E-state index is 5.53. The fraction of sp³-hybridized carbons (Fsp3) is 0.571. The third-order valence-electron chi connectivity index (χ3n) is 3.57. The molecule has 0 bridgehead atoms. The molecule has 1 aliphatic rings. The number of nitrogens with one attached hydrogen (secondary N) is 1. The van der Waals surface area contributed by atoms with Crippen LogP contribution in [0.15, 0.2) is 18.2 Å². The zero-order valence-corrected chi connectivity index (χ0v) is 11.0. The third kappa shape index (κ3) is 2.39. The van der Waals surface area contributed by atoms with Crippen molar-refractivity contribution in [2.45, 2.75) is 19.8 Å². The maximum absolute atomic E-state index is 5.53. The predicted molar refractivity (Wildman–Crippen MR) is 72.2 cm³/mol. The predicted octanol–water partition coefficient (Wildman–Crippen LogP) is 2.23. The number of benzene rings is 1. The molecule has 1 aromatic carbocycles. The van der Waals surface area contributed by atoms with Gasteiger partial charge in [-0.1, -0.05) is 6.07 Å². The van der Waals surface area contributed by atoms with Crippen LogP contribution in [0, 0.1) is 0 Å². The van der Waals surface area contributed by atoms with E-state index < -0.39 is 0 Å². The molecule has 0 radical (unpaired) electrons. The Bertz CT molecular complexity index is 370. The first-order valence-corrected chi connectivity index (χ1v) is 6.43. The Hall–Kier alpha value is -1.22. The number of hydrogen-bond acceptors (Lipinski definition) is 3. The van der Waals surface area contributed by atoms with Crippen LogP contribution in [0.1, 0.15) is 25.3 Å². The van der Waals surface area contributed by atoms with E-state index in [1.165, 1.54) is 11.3 Å². The Balaban J connectivity index is 2.26. The molecule has 0 saturated carbocycles. The molecule has 3 nitrogen and oxygen atoms in total. The van der Waals surface area contributed by atoms with Crippen molar-refractivity contribution in [3.05, 3.63) is 23.8 Å². The number of ether oxygens (including phenoxy) is 1. The van der Waals surface area contributed by atoms with Gasteiger partial charge in [-0.2, -0.15) is 0 Å². The normalized spacial score (nSPS) is 15.5. The van der Waals surface area contributed by atoms with E-state index in [0.717, 1.165) is 31.9 Å². The minimum absolute atomic E-state index is 0.621. The lowest BCUT2D eigenvalue weighted by atomic mass is 9.92. The van der Waals surface area contributed by atoms with Crippen LogP contribution in [0.3, 0.4) is 0 Å². The number of hydrogen-bond donors (Lipinski definition) is 1. The second-order valence-electron chi connectivity index (χ2n) is 4.45. The van der Waals surface area contributed by atoms with Crippen LogP contribution in [0.2, 0.25) is 0 Å². The first-order valence-electron chi connectivity index (χ1n) is 6.43. The van der Waals surface area contributed by atoms with E-state index in [2.05, 4.69) is 42.3 Å². The summed E-state index contributed by atoms with van der Waals surface area (Å²) in [7, 11) is 1.76.